The standard InChI is InChI=1S/C14H12N2S2/c1-10-9-18-14(16-10)12(8-15)7-11-3-5-13(17-2)6-4-11/h3-7,9H,1-2H3/b12-7+. The van der Waals surface area contributed by atoms with E-state index in [0.717, 1.165) is 16.3 Å². The highest BCUT2D eigenvalue weighted by atomic mass is 32.2. The molecule has 1 aromatic carbocycles. The third-order valence-corrected chi connectivity index (χ3v) is 4.13. The predicted molar refractivity (Wildman–Crippen MR) is 78.6 cm³/mol. The maximum Gasteiger partial charge on any atom is 0.134 e. The molecular weight excluding hydrogens is 260 g/mol. The molecule has 1 heterocycles. The Hall–Kier alpha value is -1.57. The number of hydrogen-bond donors (Lipinski definition) is 0. The molecule has 18 heavy (non-hydrogen) atoms. The smallest absolute Gasteiger partial charge is 0.134 e. The number of allylic oxidation sites excluding steroid dienone is 1. The van der Waals surface area contributed by atoms with E-state index < -0.39 is 0 Å². The monoisotopic (exact) mass is 272 g/mol. The lowest BCUT2D eigenvalue weighted by atomic mass is 10.1. The van der Waals surface area contributed by atoms with Crippen molar-refractivity contribution in [2.24, 2.45) is 0 Å². The van der Waals surface area contributed by atoms with Crippen LogP contribution in [0.25, 0.3) is 11.6 Å². The molecule has 0 fully saturated rings. The van der Waals surface area contributed by atoms with Crippen LogP contribution in [0.5, 0.6) is 0 Å². The first-order valence-corrected chi connectivity index (χ1v) is 7.51. The molecular formula is C14H12N2S2. The average Bonchev–Trinajstić information content (AvgIpc) is 2.83. The zero-order valence-corrected chi connectivity index (χ0v) is 11.8. The molecule has 90 valence electrons. The first-order chi connectivity index (χ1) is 8.72. The molecule has 4 heteroatoms. The van der Waals surface area contributed by atoms with Gasteiger partial charge in [-0.1, -0.05) is 12.1 Å². The van der Waals surface area contributed by atoms with E-state index in [0.29, 0.717) is 5.57 Å². The molecule has 0 amide bonds. The van der Waals surface area contributed by atoms with Gasteiger partial charge in [-0.05, 0) is 37.0 Å². The molecule has 0 N–H and O–H groups in total. The highest BCUT2D eigenvalue weighted by molar-refractivity contribution is 7.98. The Balaban J connectivity index is 2.32. The molecule has 1 aromatic heterocycles. The van der Waals surface area contributed by atoms with E-state index in [1.165, 1.54) is 16.2 Å². The zero-order valence-electron chi connectivity index (χ0n) is 10.2. The Morgan fingerprint density at radius 1 is 1.39 bits per heavy atom. The summed E-state index contributed by atoms with van der Waals surface area (Å²) in [6.45, 7) is 1.93. The maximum atomic E-state index is 9.20. The van der Waals surface area contributed by atoms with Crippen LogP contribution in [0.4, 0.5) is 0 Å². The van der Waals surface area contributed by atoms with E-state index in [1.54, 1.807) is 11.8 Å². The van der Waals surface area contributed by atoms with Crippen molar-refractivity contribution in [2.45, 2.75) is 11.8 Å². The number of thioether (sulfide) groups is 1. The average molecular weight is 272 g/mol. The number of hydrogen-bond acceptors (Lipinski definition) is 4. The molecule has 2 nitrogen and oxygen atoms in total. The molecule has 0 saturated carbocycles. The Morgan fingerprint density at radius 2 is 2.11 bits per heavy atom. The van der Waals surface area contributed by atoms with Gasteiger partial charge in [0.1, 0.15) is 11.1 Å². The first kappa shape index (κ1) is 12.9. The third kappa shape index (κ3) is 3.00. The quantitative estimate of drug-likeness (QED) is 0.619. The van der Waals surface area contributed by atoms with Crippen molar-refractivity contribution >= 4 is 34.7 Å². The highest BCUT2D eigenvalue weighted by Gasteiger charge is 2.05. The van der Waals surface area contributed by atoms with Gasteiger partial charge in [0.2, 0.25) is 0 Å². The minimum Gasteiger partial charge on any atom is -0.241 e. The molecule has 0 aliphatic carbocycles. The summed E-state index contributed by atoms with van der Waals surface area (Å²) in [5, 5.41) is 11.9. The minimum atomic E-state index is 0.616. The van der Waals surface area contributed by atoms with Gasteiger partial charge in [-0.2, -0.15) is 5.26 Å². The van der Waals surface area contributed by atoms with Crippen molar-refractivity contribution in [2.75, 3.05) is 6.26 Å². The maximum absolute atomic E-state index is 9.20. The Bertz CT molecular complexity index is 603. The Labute approximate surface area is 115 Å². The zero-order chi connectivity index (χ0) is 13.0. The normalized spacial score (nSPS) is 11.3. The largest absolute Gasteiger partial charge is 0.241 e. The summed E-state index contributed by atoms with van der Waals surface area (Å²) in [6, 6.07) is 10.4. The summed E-state index contributed by atoms with van der Waals surface area (Å²) in [5.74, 6) is 0. The third-order valence-electron chi connectivity index (χ3n) is 2.40. The molecule has 0 aliphatic heterocycles. The van der Waals surface area contributed by atoms with E-state index in [-0.39, 0.29) is 0 Å². The van der Waals surface area contributed by atoms with Gasteiger partial charge < -0.3 is 0 Å². The van der Waals surface area contributed by atoms with Crippen LogP contribution in [0.3, 0.4) is 0 Å². The summed E-state index contributed by atoms with van der Waals surface area (Å²) in [4.78, 5) is 5.55. The SMILES string of the molecule is CSc1ccc(/C=C(\C#N)c2nc(C)cs2)cc1. The van der Waals surface area contributed by atoms with Crippen molar-refractivity contribution in [1.29, 1.82) is 5.26 Å². The molecule has 0 radical (unpaired) electrons. The topological polar surface area (TPSA) is 36.7 Å². The molecule has 0 aliphatic rings. The van der Waals surface area contributed by atoms with Gasteiger partial charge in [-0.15, -0.1) is 23.1 Å². The fraction of sp³-hybridized carbons (Fsp3) is 0.143. The number of nitrogens with zero attached hydrogens (tertiary/aromatic N) is 2. The van der Waals surface area contributed by atoms with Crippen LogP contribution in [0.15, 0.2) is 34.5 Å². The molecule has 0 bridgehead atoms. The van der Waals surface area contributed by atoms with Gasteiger partial charge in [0, 0.05) is 16.0 Å². The fourth-order valence-corrected chi connectivity index (χ4v) is 2.66. The van der Waals surface area contributed by atoms with Crippen molar-refractivity contribution in [3.8, 4) is 6.07 Å². The number of benzene rings is 1. The summed E-state index contributed by atoms with van der Waals surface area (Å²) >= 11 is 3.21. The lowest BCUT2D eigenvalue weighted by Gasteiger charge is -1.98. The van der Waals surface area contributed by atoms with Gasteiger partial charge in [0.25, 0.3) is 0 Å². The van der Waals surface area contributed by atoms with Crippen LogP contribution in [0.1, 0.15) is 16.3 Å². The van der Waals surface area contributed by atoms with E-state index >= 15 is 0 Å². The highest BCUT2D eigenvalue weighted by Crippen LogP contribution is 2.22. The summed E-state index contributed by atoms with van der Waals surface area (Å²) in [6.07, 6.45) is 3.92. The molecule has 2 rings (SSSR count). The van der Waals surface area contributed by atoms with Crippen molar-refractivity contribution in [3.05, 3.63) is 45.9 Å². The van der Waals surface area contributed by atoms with Crippen molar-refractivity contribution in [3.63, 3.8) is 0 Å². The van der Waals surface area contributed by atoms with E-state index in [2.05, 4.69) is 23.2 Å². The lowest BCUT2D eigenvalue weighted by molar-refractivity contribution is 1.25. The van der Waals surface area contributed by atoms with Gasteiger partial charge in [-0.25, -0.2) is 4.98 Å². The van der Waals surface area contributed by atoms with Crippen LogP contribution in [-0.4, -0.2) is 11.2 Å². The van der Waals surface area contributed by atoms with Crippen molar-refractivity contribution < 1.29 is 0 Å². The van der Waals surface area contributed by atoms with E-state index in [4.69, 9.17) is 0 Å². The number of rotatable bonds is 3. The number of thiazole rings is 1. The number of aromatic nitrogens is 1. The fourth-order valence-electron chi connectivity index (χ4n) is 1.49. The second kappa shape index (κ2) is 5.85. The summed E-state index contributed by atoms with van der Waals surface area (Å²) in [7, 11) is 0. The van der Waals surface area contributed by atoms with Crippen LogP contribution < -0.4 is 0 Å². The molecule has 0 spiro atoms. The molecule has 2 aromatic rings. The van der Waals surface area contributed by atoms with Crippen molar-refractivity contribution in [1.82, 2.24) is 4.98 Å². The minimum absolute atomic E-state index is 0.616. The lowest BCUT2D eigenvalue weighted by Crippen LogP contribution is -1.81. The summed E-state index contributed by atoms with van der Waals surface area (Å²) < 4.78 is 0. The van der Waals surface area contributed by atoms with Crippen LogP contribution in [0, 0.1) is 18.3 Å². The van der Waals surface area contributed by atoms with Crippen LogP contribution in [-0.2, 0) is 0 Å². The second-order valence-electron chi connectivity index (χ2n) is 3.74. The number of aryl methyl sites for hydroxylation is 1. The summed E-state index contributed by atoms with van der Waals surface area (Å²) in [5.41, 5.74) is 2.59. The molecule has 0 atom stereocenters. The van der Waals surface area contributed by atoms with Gasteiger partial charge >= 0.3 is 0 Å². The van der Waals surface area contributed by atoms with Gasteiger partial charge in [-0.3, -0.25) is 0 Å². The van der Waals surface area contributed by atoms with Gasteiger partial charge in [0.05, 0.1) is 5.57 Å². The molecule has 0 saturated heterocycles. The second-order valence-corrected chi connectivity index (χ2v) is 5.47. The first-order valence-electron chi connectivity index (χ1n) is 5.41. The van der Waals surface area contributed by atoms with Crippen LogP contribution >= 0.6 is 23.1 Å². The van der Waals surface area contributed by atoms with Crippen LogP contribution in [0.2, 0.25) is 0 Å². The Kier molecular flexibility index (Phi) is 4.19. The predicted octanol–water partition coefficient (Wildman–Crippen LogP) is 4.24. The van der Waals surface area contributed by atoms with E-state index in [9.17, 15) is 5.26 Å². The van der Waals surface area contributed by atoms with E-state index in [1.807, 2.05) is 36.8 Å². The van der Waals surface area contributed by atoms with Gasteiger partial charge in [0.15, 0.2) is 0 Å². The molecule has 0 unspecified atom stereocenters. The number of nitriles is 1. The Morgan fingerprint density at radius 3 is 2.61 bits per heavy atom.